The summed E-state index contributed by atoms with van der Waals surface area (Å²) in [6.07, 6.45) is -2.19. The van der Waals surface area contributed by atoms with Crippen LogP contribution in [0.25, 0.3) is 0 Å². The van der Waals surface area contributed by atoms with Gasteiger partial charge in [0.05, 0.1) is 12.1 Å². The minimum Gasteiger partial charge on any atom is -0.336 e. The van der Waals surface area contributed by atoms with Crippen LogP contribution >= 0.6 is 0 Å². The summed E-state index contributed by atoms with van der Waals surface area (Å²) in [5, 5.41) is 14.6. The van der Waals surface area contributed by atoms with Crippen LogP contribution in [-0.4, -0.2) is 21.4 Å². The van der Waals surface area contributed by atoms with E-state index >= 15 is 0 Å². The molecule has 0 aliphatic carbocycles. The zero-order chi connectivity index (χ0) is 8.32. The van der Waals surface area contributed by atoms with Crippen LogP contribution in [0.2, 0.25) is 0 Å². The van der Waals surface area contributed by atoms with Gasteiger partial charge in [0.2, 0.25) is 0 Å². The Kier molecular flexibility index (Phi) is 2.09. The fourth-order valence-corrected chi connectivity index (χ4v) is 0.605. The maximum Gasteiger partial charge on any atom is 0.358 e. The molecule has 0 amide bonds. The molecule has 1 heterocycles. The lowest BCUT2D eigenvalue weighted by Crippen LogP contribution is -2.18. The Hall–Kier alpha value is -1.10. The molecular weight excluding hydrogens is 154 g/mol. The standard InChI is InChI=1S/C6H5F2N2O/c7-6(8,11)4-5-2-1-3-9-10-5/h1-2,11H,4H2. The molecule has 1 rings (SSSR count). The quantitative estimate of drug-likeness (QED) is 0.679. The molecule has 1 N–H and O–H groups in total. The Bertz CT molecular complexity index is 222. The van der Waals surface area contributed by atoms with E-state index in [-0.39, 0.29) is 5.69 Å². The maximum absolute atomic E-state index is 11.9. The molecule has 0 aliphatic rings. The summed E-state index contributed by atoms with van der Waals surface area (Å²) in [6.45, 7) is 0. The first-order valence-electron chi connectivity index (χ1n) is 2.87. The van der Waals surface area contributed by atoms with E-state index in [1.807, 2.05) is 0 Å². The predicted octanol–water partition coefficient (Wildman–Crippen LogP) is 0.404. The van der Waals surface area contributed by atoms with Crippen molar-refractivity contribution in [3.8, 4) is 0 Å². The van der Waals surface area contributed by atoms with Gasteiger partial charge in [-0.15, -0.1) is 5.10 Å². The number of hydrogen-bond acceptors (Lipinski definition) is 3. The first-order chi connectivity index (χ1) is 5.08. The van der Waals surface area contributed by atoms with Crippen LogP contribution in [0.4, 0.5) is 8.78 Å². The van der Waals surface area contributed by atoms with Crippen LogP contribution in [0, 0.1) is 6.20 Å². The van der Waals surface area contributed by atoms with Gasteiger partial charge < -0.3 is 5.11 Å². The summed E-state index contributed by atoms with van der Waals surface area (Å²) in [5.41, 5.74) is 0.0382. The van der Waals surface area contributed by atoms with Gasteiger partial charge in [-0.2, -0.15) is 13.9 Å². The van der Waals surface area contributed by atoms with Gasteiger partial charge >= 0.3 is 6.11 Å². The molecule has 0 saturated heterocycles. The predicted molar refractivity (Wildman–Crippen MR) is 31.7 cm³/mol. The minimum atomic E-state index is -3.71. The van der Waals surface area contributed by atoms with E-state index < -0.39 is 12.5 Å². The van der Waals surface area contributed by atoms with Crippen molar-refractivity contribution in [2.45, 2.75) is 12.5 Å². The first kappa shape index (κ1) is 8.00. The molecular formula is C6H5F2N2O. The monoisotopic (exact) mass is 159 g/mol. The summed E-state index contributed by atoms with van der Waals surface area (Å²) in [6, 6.07) is 2.67. The molecule has 11 heavy (non-hydrogen) atoms. The molecule has 0 fully saturated rings. The first-order valence-corrected chi connectivity index (χ1v) is 2.87. The lowest BCUT2D eigenvalue weighted by molar-refractivity contribution is -0.197. The molecule has 0 saturated carbocycles. The van der Waals surface area contributed by atoms with Gasteiger partial charge in [0.25, 0.3) is 0 Å². The molecule has 59 valence electrons. The van der Waals surface area contributed by atoms with Crippen LogP contribution in [0.5, 0.6) is 0 Å². The van der Waals surface area contributed by atoms with Crippen LogP contribution < -0.4 is 0 Å². The molecule has 0 aromatic carbocycles. The summed E-state index contributed by atoms with van der Waals surface area (Å²) in [4.78, 5) is 0. The Morgan fingerprint density at radius 1 is 1.64 bits per heavy atom. The van der Waals surface area contributed by atoms with E-state index in [0.29, 0.717) is 0 Å². The second kappa shape index (κ2) is 2.87. The normalized spacial score (nSPS) is 11.5. The van der Waals surface area contributed by atoms with Crippen molar-refractivity contribution in [1.82, 2.24) is 10.2 Å². The van der Waals surface area contributed by atoms with Crippen LogP contribution in [-0.2, 0) is 6.42 Å². The molecule has 0 atom stereocenters. The smallest absolute Gasteiger partial charge is 0.336 e. The van der Waals surface area contributed by atoms with Crippen molar-refractivity contribution in [2.24, 2.45) is 0 Å². The van der Waals surface area contributed by atoms with Gasteiger partial charge in [0.15, 0.2) is 0 Å². The van der Waals surface area contributed by atoms with Crippen molar-refractivity contribution in [3.05, 3.63) is 24.0 Å². The number of hydrogen-bond donors (Lipinski definition) is 1. The van der Waals surface area contributed by atoms with E-state index in [1.54, 1.807) is 0 Å². The summed E-state index contributed by atoms with van der Waals surface area (Å²) < 4.78 is 23.8. The molecule has 1 aromatic rings. The molecule has 0 aliphatic heterocycles. The maximum atomic E-state index is 11.9. The number of halogens is 2. The SMILES string of the molecule is OC(F)(F)Cc1cc[c]nn1. The van der Waals surface area contributed by atoms with E-state index in [2.05, 4.69) is 16.4 Å². The van der Waals surface area contributed by atoms with Gasteiger partial charge in [0, 0.05) is 0 Å². The topological polar surface area (TPSA) is 46.0 Å². The van der Waals surface area contributed by atoms with E-state index in [4.69, 9.17) is 5.11 Å². The second-order valence-electron chi connectivity index (χ2n) is 2.00. The Labute approximate surface area is 61.7 Å². The van der Waals surface area contributed by atoms with Crippen molar-refractivity contribution < 1.29 is 13.9 Å². The molecule has 1 aromatic heterocycles. The van der Waals surface area contributed by atoms with Crippen LogP contribution in [0.1, 0.15) is 5.69 Å². The molecule has 0 unspecified atom stereocenters. The Morgan fingerprint density at radius 2 is 2.36 bits per heavy atom. The highest BCUT2D eigenvalue weighted by Crippen LogP contribution is 2.13. The van der Waals surface area contributed by atoms with Gasteiger partial charge in [0.1, 0.15) is 6.20 Å². The fourth-order valence-electron chi connectivity index (χ4n) is 0.605. The molecule has 0 spiro atoms. The zero-order valence-electron chi connectivity index (χ0n) is 5.46. The highest BCUT2D eigenvalue weighted by molar-refractivity contribution is 4.99. The molecule has 1 radical (unpaired) electrons. The van der Waals surface area contributed by atoms with E-state index in [9.17, 15) is 8.78 Å². The van der Waals surface area contributed by atoms with Gasteiger partial charge in [-0.3, -0.25) is 0 Å². The fraction of sp³-hybridized carbons (Fsp3) is 0.333. The summed E-state index contributed by atoms with van der Waals surface area (Å²) in [7, 11) is 0. The zero-order valence-corrected chi connectivity index (χ0v) is 5.46. The van der Waals surface area contributed by atoms with Gasteiger partial charge in [-0.1, -0.05) is 0 Å². The van der Waals surface area contributed by atoms with Crippen LogP contribution in [0.3, 0.4) is 0 Å². The van der Waals surface area contributed by atoms with Crippen molar-refractivity contribution >= 4 is 0 Å². The third-order valence-electron chi connectivity index (χ3n) is 0.980. The second-order valence-corrected chi connectivity index (χ2v) is 2.00. The van der Waals surface area contributed by atoms with Crippen molar-refractivity contribution in [2.75, 3.05) is 0 Å². The van der Waals surface area contributed by atoms with Crippen molar-refractivity contribution in [1.29, 1.82) is 0 Å². The van der Waals surface area contributed by atoms with E-state index in [1.165, 1.54) is 12.1 Å². The Balaban J connectivity index is 2.66. The lowest BCUT2D eigenvalue weighted by atomic mass is 10.3. The number of aromatic nitrogens is 2. The highest BCUT2D eigenvalue weighted by Gasteiger charge is 2.25. The molecule has 3 nitrogen and oxygen atoms in total. The third-order valence-corrected chi connectivity index (χ3v) is 0.980. The highest BCUT2D eigenvalue weighted by atomic mass is 19.3. The largest absolute Gasteiger partial charge is 0.358 e. The van der Waals surface area contributed by atoms with E-state index in [0.717, 1.165) is 0 Å². The van der Waals surface area contributed by atoms with Crippen LogP contribution in [0.15, 0.2) is 12.1 Å². The summed E-state index contributed by atoms with van der Waals surface area (Å²) in [5.74, 6) is 0. The number of rotatable bonds is 2. The average Bonchev–Trinajstić information content (AvgIpc) is 1.85. The average molecular weight is 159 g/mol. The number of aliphatic hydroxyl groups is 1. The summed E-state index contributed by atoms with van der Waals surface area (Å²) >= 11 is 0. The number of alkyl halides is 2. The van der Waals surface area contributed by atoms with Gasteiger partial charge in [-0.05, 0) is 12.1 Å². The molecule has 5 heteroatoms. The lowest BCUT2D eigenvalue weighted by Gasteiger charge is -2.05. The molecule has 0 bridgehead atoms. The van der Waals surface area contributed by atoms with Crippen molar-refractivity contribution in [3.63, 3.8) is 0 Å². The minimum absolute atomic E-state index is 0.0382. The Morgan fingerprint density at radius 3 is 2.82 bits per heavy atom. The third kappa shape index (κ3) is 2.99. The number of nitrogens with zero attached hydrogens (tertiary/aromatic N) is 2. The van der Waals surface area contributed by atoms with Gasteiger partial charge in [-0.25, -0.2) is 0 Å².